The molecule has 1 amide bonds. The van der Waals surface area contributed by atoms with E-state index in [2.05, 4.69) is 15.6 Å². The van der Waals surface area contributed by atoms with Gasteiger partial charge >= 0.3 is 0 Å². The predicted molar refractivity (Wildman–Crippen MR) is 56.6 cm³/mol. The maximum Gasteiger partial charge on any atom is 0.265 e. The summed E-state index contributed by atoms with van der Waals surface area (Å²) in [4.78, 5) is 15.9. The second kappa shape index (κ2) is 3.45. The standard InChI is InChI=1S/C8H12N4OS/c1-10-7(13)5-6(9)12-8(14-5)11-4-2-3-4/h4H,2-3,9H2,1H3,(H,10,13)(H,11,12). The second-order valence-electron chi connectivity index (χ2n) is 3.23. The Bertz CT molecular complexity index is 358. The molecule has 0 saturated heterocycles. The van der Waals surface area contributed by atoms with Crippen molar-refractivity contribution >= 4 is 28.2 Å². The monoisotopic (exact) mass is 212 g/mol. The number of rotatable bonds is 3. The van der Waals surface area contributed by atoms with Gasteiger partial charge in [-0.3, -0.25) is 4.79 Å². The lowest BCUT2D eigenvalue weighted by atomic mass is 10.5. The largest absolute Gasteiger partial charge is 0.382 e. The number of nitrogen functional groups attached to an aromatic ring is 1. The molecule has 5 nitrogen and oxygen atoms in total. The van der Waals surface area contributed by atoms with Crippen molar-refractivity contribution < 1.29 is 4.79 Å². The normalized spacial score (nSPS) is 15.2. The van der Waals surface area contributed by atoms with Crippen LogP contribution in [0, 0.1) is 0 Å². The molecule has 0 bridgehead atoms. The second-order valence-corrected chi connectivity index (χ2v) is 4.23. The van der Waals surface area contributed by atoms with E-state index in [1.807, 2.05) is 0 Å². The van der Waals surface area contributed by atoms with Crippen LogP contribution in [0.25, 0.3) is 0 Å². The number of hydrogen-bond donors (Lipinski definition) is 3. The molecule has 1 aliphatic carbocycles. The molecule has 0 aliphatic heterocycles. The Morgan fingerprint density at radius 1 is 1.64 bits per heavy atom. The Balaban J connectivity index is 2.15. The summed E-state index contributed by atoms with van der Waals surface area (Å²) in [7, 11) is 1.58. The zero-order chi connectivity index (χ0) is 10.1. The van der Waals surface area contributed by atoms with Crippen LogP contribution in [0.1, 0.15) is 22.5 Å². The molecule has 1 fully saturated rings. The van der Waals surface area contributed by atoms with Crippen molar-refractivity contribution in [3.63, 3.8) is 0 Å². The summed E-state index contributed by atoms with van der Waals surface area (Å²) in [6.07, 6.45) is 2.35. The van der Waals surface area contributed by atoms with Gasteiger partial charge in [0.05, 0.1) is 0 Å². The Morgan fingerprint density at radius 2 is 2.36 bits per heavy atom. The highest BCUT2D eigenvalue weighted by molar-refractivity contribution is 7.18. The number of nitrogens with one attached hydrogen (secondary N) is 2. The molecular formula is C8H12N4OS. The van der Waals surface area contributed by atoms with E-state index in [1.54, 1.807) is 7.05 Å². The average Bonchev–Trinajstić information content (AvgIpc) is 2.89. The third-order valence-electron chi connectivity index (χ3n) is 1.99. The summed E-state index contributed by atoms with van der Waals surface area (Å²) in [5.41, 5.74) is 5.61. The number of nitrogens with two attached hydrogens (primary N) is 1. The number of amides is 1. The fourth-order valence-corrected chi connectivity index (χ4v) is 1.98. The zero-order valence-corrected chi connectivity index (χ0v) is 8.65. The molecule has 1 aromatic rings. The lowest BCUT2D eigenvalue weighted by molar-refractivity contribution is 0.0968. The van der Waals surface area contributed by atoms with Gasteiger partial charge < -0.3 is 16.4 Å². The first-order valence-corrected chi connectivity index (χ1v) is 5.27. The highest BCUT2D eigenvalue weighted by atomic mass is 32.1. The smallest absolute Gasteiger partial charge is 0.265 e. The fourth-order valence-electron chi connectivity index (χ4n) is 1.07. The number of hydrogen-bond acceptors (Lipinski definition) is 5. The van der Waals surface area contributed by atoms with Crippen LogP contribution >= 0.6 is 11.3 Å². The van der Waals surface area contributed by atoms with E-state index in [9.17, 15) is 4.79 Å². The Morgan fingerprint density at radius 3 is 2.93 bits per heavy atom. The van der Waals surface area contributed by atoms with Crippen molar-refractivity contribution in [1.82, 2.24) is 10.3 Å². The van der Waals surface area contributed by atoms with E-state index in [0.717, 1.165) is 5.13 Å². The van der Waals surface area contributed by atoms with Gasteiger partial charge in [-0.15, -0.1) is 0 Å². The number of anilines is 2. The Hall–Kier alpha value is -1.30. The van der Waals surface area contributed by atoms with Gasteiger partial charge in [0.1, 0.15) is 10.7 Å². The van der Waals surface area contributed by atoms with E-state index in [4.69, 9.17) is 5.73 Å². The molecule has 14 heavy (non-hydrogen) atoms. The molecule has 0 spiro atoms. The summed E-state index contributed by atoms with van der Waals surface area (Å²) < 4.78 is 0. The SMILES string of the molecule is CNC(=O)c1sc(NC2CC2)nc1N. The van der Waals surface area contributed by atoms with Gasteiger partial charge in [-0.1, -0.05) is 11.3 Å². The van der Waals surface area contributed by atoms with E-state index in [0.29, 0.717) is 16.7 Å². The van der Waals surface area contributed by atoms with Crippen LogP contribution in [0.15, 0.2) is 0 Å². The highest BCUT2D eigenvalue weighted by Crippen LogP contribution is 2.30. The lowest BCUT2D eigenvalue weighted by Crippen LogP contribution is -2.17. The van der Waals surface area contributed by atoms with Crippen LogP contribution in [0.4, 0.5) is 10.9 Å². The summed E-state index contributed by atoms with van der Waals surface area (Å²) in [5, 5.41) is 6.47. The van der Waals surface area contributed by atoms with Gasteiger partial charge in [0, 0.05) is 13.1 Å². The molecule has 1 aliphatic rings. The Labute approximate surface area is 85.7 Å². The van der Waals surface area contributed by atoms with E-state index >= 15 is 0 Å². The van der Waals surface area contributed by atoms with Gasteiger partial charge in [-0.2, -0.15) is 0 Å². The maximum atomic E-state index is 11.3. The van der Waals surface area contributed by atoms with Crippen molar-refractivity contribution in [1.29, 1.82) is 0 Å². The quantitative estimate of drug-likeness (QED) is 0.687. The van der Waals surface area contributed by atoms with Crippen LogP contribution in [-0.4, -0.2) is 24.0 Å². The minimum absolute atomic E-state index is 0.177. The molecule has 1 saturated carbocycles. The molecule has 4 N–H and O–H groups in total. The van der Waals surface area contributed by atoms with Crippen LogP contribution in [0.5, 0.6) is 0 Å². The van der Waals surface area contributed by atoms with Gasteiger partial charge in [0.15, 0.2) is 5.13 Å². The van der Waals surface area contributed by atoms with Crippen molar-refractivity contribution in [2.45, 2.75) is 18.9 Å². The third-order valence-corrected chi connectivity index (χ3v) is 2.99. The predicted octanol–water partition coefficient (Wildman–Crippen LogP) is 0.659. The maximum absolute atomic E-state index is 11.3. The molecular weight excluding hydrogens is 200 g/mol. The minimum atomic E-state index is -0.177. The summed E-state index contributed by atoms with van der Waals surface area (Å²) in [6.45, 7) is 0. The first-order chi connectivity index (χ1) is 6.70. The first-order valence-electron chi connectivity index (χ1n) is 4.45. The number of nitrogens with zero attached hydrogens (tertiary/aromatic N) is 1. The van der Waals surface area contributed by atoms with Crippen LogP contribution in [0.2, 0.25) is 0 Å². The van der Waals surface area contributed by atoms with E-state index in [1.165, 1.54) is 24.2 Å². The molecule has 76 valence electrons. The first kappa shape index (κ1) is 9.26. The lowest BCUT2D eigenvalue weighted by Gasteiger charge is -1.95. The van der Waals surface area contributed by atoms with Gasteiger partial charge in [-0.25, -0.2) is 4.98 Å². The topological polar surface area (TPSA) is 80.0 Å². The fraction of sp³-hybridized carbons (Fsp3) is 0.500. The van der Waals surface area contributed by atoms with Crippen molar-refractivity contribution in [3.8, 4) is 0 Å². The van der Waals surface area contributed by atoms with Crippen LogP contribution in [0.3, 0.4) is 0 Å². The molecule has 0 aromatic carbocycles. The van der Waals surface area contributed by atoms with Gasteiger partial charge in [-0.05, 0) is 12.8 Å². The zero-order valence-electron chi connectivity index (χ0n) is 7.83. The van der Waals surface area contributed by atoms with Crippen molar-refractivity contribution in [2.24, 2.45) is 0 Å². The number of carbonyl (C=O) groups excluding carboxylic acids is 1. The number of thiazole rings is 1. The number of aromatic nitrogens is 1. The Kier molecular flexibility index (Phi) is 2.28. The number of carbonyl (C=O) groups is 1. The van der Waals surface area contributed by atoms with Gasteiger partial charge in [0.2, 0.25) is 0 Å². The third kappa shape index (κ3) is 1.79. The molecule has 6 heteroatoms. The van der Waals surface area contributed by atoms with Crippen LogP contribution < -0.4 is 16.4 Å². The molecule has 0 unspecified atom stereocenters. The minimum Gasteiger partial charge on any atom is -0.382 e. The molecule has 0 atom stereocenters. The van der Waals surface area contributed by atoms with E-state index < -0.39 is 0 Å². The van der Waals surface area contributed by atoms with Crippen LogP contribution in [-0.2, 0) is 0 Å². The molecule has 2 rings (SSSR count). The van der Waals surface area contributed by atoms with Crippen molar-refractivity contribution in [3.05, 3.63) is 4.88 Å². The van der Waals surface area contributed by atoms with Gasteiger partial charge in [0.25, 0.3) is 5.91 Å². The molecule has 1 aromatic heterocycles. The highest BCUT2D eigenvalue weighted by Gasteiger charge is 2.23. The summed E-state index contributed by atoms with van der Waals surface area (Å²) in [6, 6.07) is 0.526. The summed E-state index contributed by atoms with van der Waals surface area (Å²) >= 11 is 1.30. The molecule has 1 heterocycles. The molecule has 0 radical (unpaired) electrons. The van der Waals surface area contributed by atoms with Crippen molar-refractivity contribution in [2.75, 3.05) is 18.1 Å². The summed E-state index contributed by atoms with van der Waals surface area (Å²) in [5.74, 6) is 0.126. The van der Waals surface area contributed by atoms with E-state index in [-0.39, 0.29) is 5.91 Å². The average molecular weight is 212 g/mol.